The van der Waals surface area contributed by atoms with Gasteiger partial charge in [-0.05, 0) is 31.4 Å². The van der Waals surface area contributed by atoms with E-state index in [1.807, 2.05) is 35.9 Å². The fraction of sp³-hybridized carbons (Fsp3) is 0.421. The topological polar surface area (TPSA) is 60.2 Å². The van der Waals surface area contributed by atoms with Gasteiger partial charge in [-0.25, -0.2) is 4.68 Å². The molecule has 1 aliphatic carbocycles. The average Bonchev–Trinajstić information content (AvgIpc) is 3.04. The van der Waals surface area contributed by atoms with Crippen LogP contribution in [0.4, 0.5) is 0 Å². The maximum absolute atomic E-state index is 11.7. The summed E-state index contributed by atoms with van der Waals surface area (Å²) in [5.41, 5.74) is 3.33. The number of nitrogens with zero attached hydrogens (tertiary/aromatic N) is 4. The third-order valence-corrected chi connectivity index (χ3v) is 4.21. The van der Waals surface area contributed by atoms with E-state index in [0.717, 1.165) is 30.8 Å². The predicted molar refractivity (Wildman–Crippen MR) is 95.5 cm³/mol. The highest BCUT2D eigenvalue weighted by Crippen LogP contribution is 2.17. The SMILES string of the molecule is CCOC(=O)CCN(Cc1ccccc1)Cn1nnc2c1CCC=C2. The van der Waals surface area contributed by atoms with Crippen LogP contribution in [0.25, 0.3) is 6.08 Å². The van der Waals surface area contributed by atoms with Crippen molar-refractivity contribution in [2.45, 2.75) is 39.4 Å². The molecule has 3 rings (SSSR count). The van der Waals surface area contributed by atoms with Crippen molar-refractivity contribution in [2.75, 3.05) is 13.2 Å². The molecule has 1 aromatic heterocycles. The highest BCUT2D eigenvalue weighted by Gasteiger charge is 2.17. The number of carbonyl (C=O) groups excluding carboxylic acids is 1. The van der Waals surface area contributed by atoms with Gasteiger partial charge in [0.05, 0.1) is 25.4 Å². The normalized spacial score (nSPS) is 13.0. The van der Waals surface area contributed by atoms with Crippen molar-refractivity contribution in [3.8, 4) is 0 Å². The maximum Gasteiger partial charge on any atom is 0.307 e. The van der Waals surface area contributed by atoms with Crippen LogP contribution in [0.2, 0.25) is 0 Å². The third-order valence-electron chi connectivity index (χ3n) is 4.21. The summed E-state index contributed by atoms with van der Waals surface area (Å²) in [6.45, 7) is 4.24. The quantitative estimate of drug-likeness (QED) is 0.692. The first-order valence-electron chi connectivity index (χ1n) is 8.77. The zero-order valence-electron chi connectivity index (χ0n) is 14.6. The van der Waals surface area contributed by atoms with Crippen LogP contribution in [-0.4, -0.2) is 39.0 Å². The van der Waals surface area contributed by atoms with Crippen LogP contribution in [-0.2, 0) is 29.2 Å². The standard InChI is InChI=1S/C19H24N4O2/c1-2-25-19(24)12-13-22(14-16-8-4-3-5-9-16)15-23-18-11-7-6-10-17(18)20-21-23/h3-6,8-10H,2,7,11-15H2,1H3. The van der Waals surface area contributed by atoms with Gasteiger partial charge in [-0.3, -0.25) is 9.69 Å². The molecule has 0 bridgehead atoms. The molecule has 0 aliphatic heterocycles. The Morgan fingerprint density at radius 1 is 1.32 bits per heavy atom. The number of esters is 1. The van der Waals surface area contributed by atoms with Crippen molar-refractivity contribution in [2.24, 2.45) is 0 Å². The van der Waals surface area contributed by atoms with Crippen LogP contribution in [0.15, 0.2) is 36.4 Å². The van der Waals surface area contributed by atoms with E-state index in [1.165, 1.54) is 5.56 Å². The van der Waals surface area contributed by atoms with E-state index in [0.29, 0.717) is 26.2 Å². The number of hydrogen-bond donors (Lipinski definition) is 0. The van der Waals surface area contributed by atoms with Crippen LogP contribution in [0.3, 0.4) is 0 Å². The second-order valence-corrected chi connectivity index (χ2v) is 6.10. The van der Waals surface area contributed by atoms with Crippen molar-refractivity contribution < 1.29 is 9.53 Å². The van der Waals surface area contributed by atoms with Crippen LogP contribution >= 0.6 is 0 Å². The number of fused-ring (bicyclic) bond motifs is 1. The van der Waals surface area contributed by atoms with Crippen molar-refractivity contribution in [1.82, 2.24) is 19.9 Å². The van der Waals surface area contributed by atoms with Gasteiger partial charge >= 0.3 is 5.97 Å². The Balaban J connectivity index is 1.70. The van der Waals surface area contributed by atoms with Crippen molar-refractivity contribution >= 4 is 12.0 Å². The lowest BCUT2D eigenvalue weighted by Crippen LogP contribution is -2.30. The molecule has 0 saturated heterocycles. The lowest BCUT2D eigenvalue weighted by molar-refractivity contribution is -0.143. The van der Waals surface area contributed by atoms with Gasteiger partial charge in [-0.1, -0.05) is 41.6 Å². The highest BCUT2D eigenvalue weighted by atomic mass is 16.5. The number of hydrogen-bond acceptors (Lipinski definition) is 5. The molecule has 1 heterocycles. The van der Waals surface area contributed by atoms with Gasteiger partial charge in [-0.2, -0.15) is 0 Å². The summed E-state index contributed by atoms with van der Waals surface area (Å²) in [5, 5.41) is 8.55. The van der Waals surface area contributed by atoms with E-state index in [2.05, 4.69) is 33.4 Å². The molecule has 132 valence electrons. The molecule has 0 spiro atoms. The first-order chi connectivity index (χ1) is 12.3. The monoisotopic (exact) mass is 340 g/mol. The zero-order chi connectivity index (χ0) is 17.5. The Labute approximate surface area is 148 Å². The largest absolute Gasteiger partial charge is 0.466 e. The van der Waals surface area contributed by atoms with Gasteiger partial charge in [0, 0.05) is 13.1 Å². The van der Waals surface area contributed by atoms with Gasteiger partial charge in [0.1, 0.15) is 5.69 Å². The molecule has 6 nitrogen and oxygen atoms in total. The average molecular weight is 340 g/mol. The molecule has 0 amide bonds. The molecule has 0 atom stereocenters. The molecular weight excluding hydrogens is 316 g/mol. The Morgan fingerprint density at radius 3 is 2.96 bits per heavy atom. The maximum atomic E-state index is 11.7. The molecule has 1 aliphatic rings. The van der Waals surface area contributed by atoms with Gasteiger partial charge < -0.3 is 4.74 Å². The van der Waals surface area contributed by atoms with Gasteiger partial charge in [-0.15, -0.1) is 5.10 Å². The number of carbonyl (C=O) groups is 1. The minimum atomic E-state index is -0.163. The second kappa shape index (κ2) is 8.58. The first-order valence-corrected chi connectivity index (χ1v) is 8.77. The fourth-order valence-corrected chi connectivity index (χ4v) is 2.97. The summed E-state index contributed by atoms with van der Waals surface area (Å²) in [5.74, 6) is -0.163. The number of aromatic nitrogens is 3. The van der Waals surface area contributed by atoms with E-state index in [4.69, 9.17) is 4.74 Å². The first kappa shape index (κ1) is 17.4. The summed E-state index contributed by atoms with van der Waals surface area (Å²) < 4.78 is 7.01. The molecule has 0 saturated carbocycles. The summed E-state index contributed by atoms with van der Waals surface area (Å²) in [7, 11) is 0. The van der Waals surface area contributed by atoms with Crippen LogP contribution in [0, 0.1) is 0 Å². The van der Waals surface area contributed by atoms with Gasteiger partial charge in [0.25, 0.3) is 0 Å². The van der Waals surface area contributed by atoms with Crippen LogP contribution in [0.5, 0.6) is 0 Å². The summed E-state index contributed by atoms with van der Waals surface area (Å²) in [6, 6.07) is 10.3. The van der Waals surface area contributed by atoms with Crippen molar-refractivity contribution in [3.63, 3.8) is 0 Å². The lowest BCUT2D eigenvalue weighted by Gasteiger charge is -2.23. The molecule has 6 heteroatoms. The van der Waals surface area contributed by atoms with Crippen LogP contribution in [0.1, 0.15) is 36.7 Å². The van der Waals surface area contributed by atoms with E-state index in [9.17, 15) is 4.79 Å². The number of ether oxygens (including phenoxy) is 1. The Morgan fingerprint density at radius 2 is 2.16 bits per heavy atom. The van der Waals surface area contributed by atoms with E-state index >= 15 is 0 Å². The van der Waals surface area contributed by atoms with E-state index in [-0.39, 0.29) is 5.97 Å². The van der Waals surface area contributed by atoms with Crippen molar-refractivity contribution in [1.29, 1.82) is 0 Å². The number of rotatable bonds is 8. The van der Waals surface area contributed by atoms with Gasteiger partial charge in [0.15, 0.2) is 0 Å². The predicted octanol–water partition coefficient (Wildman–Crippen LogP) is 2.65. The molecule has 2 aromatic rings. The Kier molecular flexibility index (Phi) is 5.95. The molecule has 0 radical (unpaired) electrons. The molecule has 1 aromatic carbocycles. The summed E-state index contributed by atoms with van der Waals surface area (Å²) in [6.07, 6.45) is 6.50. The van der Waals surface area contributed by atoms with E-state index < -0.39 is 0 Å². The molecule has 0 unspecified atom stereocenters. The van der Waals surface area contributed by atoms with E-state index in [1.54, 1.807) is 0 Å². The highest BCUT2D eigenvalue weighted by molar-refractivity contribution is 5.69. The number of benzene rings is 1. The lowest BCUT2D eigenvalue weighted by atomic mass is 10.1. The second-order valence-electron chi connectivity index (χ2n) is 6.10. The molecular formula is C19H24N4O2. The molecule has 0 fully saturated rings. The third kappa shape index (κ3) is 4.76. The fourth-order valence-electron chi connectivity index (χ4n) is 2.97. The number of allylic oxidation sites excluding steroid dienone is 1. The Hall–Kier alpha value is -2.47. The zero-order valence-corrected chi connectivity index (χ0v) is 14.6. The molecule has 25 heavy (non-hydrogen) atoms. The van der Waals surface area contributed by atoms with Crippen LogP contribution < -0.4 is 0 Å². The minimum Gasteiger partial charge on any atom is -0.466 e. The smallest absolute Gasteiger partial charge is 0.307 e. The minimum absolute atomic E-state index is 0.163. The molecule has 0 N–H and O–H groups in total. The Bertz CT molecular complexity index is 724. The summed E-state index contributed by atoms with van der Waals surface area (Å²) in [4.78, 5) is 14.0. The van der Waals surface area contributed by atoms with Gasteiger partial charge in [0.2, 0.25) is 0 Å². The summed E-state index contributed by atoms with van der Waals surface area (Å²) >= 11 is 0. The van der Waals surface area contributed by atoms with Crippen molar-refractivity contribution in [3.05, 3.63) is 53.4 Å².